The van der Waals surface area contributed by atoms with Crippen LogP contribution in [0.2, 0.25) is 0 Å². The van der Waals surface area contributed by atoms with Crippen molar-refractivity contribution in [2.75, 3.05) is 5.32 Å². The minimum Gasteiger partial charge on any atom is -0.321 e. The van der Waals surface area contributed by atoms with Crippen LogP contribution in [0.1, 0.15) is 15.9 Å². The van der Waals surface area contributed by atoms with Crippen molar-refractivity contribution in [1.82, 2.24) is 0 Å². The number of anilines is 1. The number of carbonyl (C=O) groups excluding carboxylic acids is 2. The highest BCUT2D eigenvalue weighted by Crippen LogP contribution is 2.34. The van der Waals surface area contributed by atoms with E-state index in [0.29, 0.717) is 11.3 Å². The van der Waals surface area contributed by atoms with E-state index in [9.17, 15) is 19.7 Å². The first-order valence-electron chi connectivity index (χ1n) is 6.57. The molecule has 2 aromatic carbocycles. The van der Waals surface area contributed by atoms with E-state index >= 15 is 0 Å². The molecule has 3 rings (SSSR count). The predicted octanol–water partition coefficient (Wildman–Crippen LogP) is 3.58. The van der Waals surface area contributed by atoms with Crippen LogP contribution in [-0.4, -0.2) is 16.6 Å². The Labute approximate surface area is 139 Å². The van der Waals surface area contributed by atoms with Gasteiger partial charge in [-0.05, 0) is 24.3 Å². The molecule has 0 spiro atoms. The van der Waals surface area contributed by atoms with Crippen molar-refractivity contribution in [2.45, 2.75) is 0 Å². The number of non-ortho nitro benzene ring substituents is 1. The third-order valence-electron chi connectivity index (χ3n) is 3.38. The van der Waals surface area contributed by atoms with Crippen LogP contribution in [0.5, 0.6) is 0 Å². The summed E-state index contributed by atoms with van der Waals surface area (Å²) in [5.41, 5.74) is 1.45. The average Bonchev–Trinajstić information content (AvgIpc) is 2.83. The number of allylic oxidation sites excluding steroid dienone is 1. The molecular formula is C16H9BrN2O4. The van der Waals surface area contributed by atoms with Crippen molar-refractivity contribution in [3.05, 3.63) is 74.3 Å². The number of nitro groups is 1. The second-order valence-corrected chi connectivity index (χ2v) is 5.79. The Hall–Kier alpha value is -2.80. The van der Waals surface area contributed by atoms with E-state index in [-0.39, 0.29) is 22.7 Å². The van der Waals surface area contributed by atoms with Gasteiger partial charge in [-0.2, -0.15) is 0 Å². The fourth-order valence-electron chi connectivity index (χ4n) is 2.29. The molecule has 114 valence electrons. The summed E-state index contributed by atoms with van der Waals surface area (Å²) in [7, 11) is 0. The number of rotatable bonds is 3. The van der Waals surface area contributed by atoms with Crippen LogP contribution in [0, 0.1) is 10.1 Å². The number of ketones is 1. The number of nitro benzene ring substituents is 1. The Morgan fingerprint density at radius 3 is 2.74 bits per heavy atom. The zero-order valence-corrected chi connectivity index (χ0v) is 13.2. The molecular weight excluding hydrogens is 364 g/mol. The summed E-state index contributed by atoms with van der Waals surface area (Å²) in [5.74, 6) is -0.844. The topological polar surface area (TPSA) is 89.3 Å². The normalized spacial score (nSPS) is 14.5. The maximum absolute atomic E-state index is 12.3. The molecule has 0 radical (unpaired) electrons. The average molecular weight is 373 g/mol. The maximum Gasteiger partial charge on any atom is 0.270 e. The SMILES string of the molecule is O=C1Nc2ccc(Br)cc2C1=CC(=O)c1cccc([N+](=O)[O-])c1. The van der Waals surface area contributed by atoms with Gasteiger partial charge in [0.25, 0.3) is 11.6 Å². The summed E-state index contributed by atoms with van der Waals surface area (Å²) in [6.07, 6.45) is 1.20. The number of nitrogens with one attached hydrogen (secondary N) is 1. The van der Waals surface area contributed by atoms with Crippen molar-refractivity contribution in [3.8, 4) is 0 Å². The lowest BCUT2D eigenvalue weighted by Gasteiger charge is -2.00. The van der Waals surface area contributed by atoms with Gasteiger partial charge in [-0.15, -0.1) is 0 Å². The summed E-state index contributed by atoms with van der Waals surface area (Å²) >= 11 is 3.32. The molecule has 1 amide bonds. The highest BCUT2D eigenvalue weighted by atomic mass is 79.9. The number of halogens is 1. The van der Waals surface area contributed by atoms with Crippen LogP contribution in [0.25, 0.3) is 5.57 Å². The van der Waals surface area contributed by atoms with Gasteiger partial charge in [0.1, 0.15) is 0 Å². The van der Waals surface area contributed by atoms with Crippen molar-refractivity contribution in [3.63, 3.8) is 0 Å². The first kappa shape index (κ1) is 15.1. The molecule has 0 atom stereocenters. The molecule has 7 heteroatoms. The van der Waals surface area contributed by atoms with Gasteiger partial charge in [-0.3, -0.25) is 19.7 Å². The zero-order valence-electron chi connectivity index (χ0n) is 11.6. The van der Waals surface area contributed by atoms with Gasteiger partial charge in [0, 0.05) is 33.4 Å². The number of nitrogens with zero attached hydrogens (tertiary/aromatic N) is 1. The Bertz CT molecular complexity index is 889. The fourth-order valence-corrected chi connectivity index (χ4v) is 2.65. The van der Waals surface area contributed by atoms with Gasteiger partial charge in [0.05, 0.1) is 10.5 Å². The highest BCUT2D eigenvalue weighted by molar-refractivity contribution is 9.10. The number of amides is 1. The van der Waals surface area contributed by atoms with Crippen LogP contribution in [0.3, 0.4) is 0 Å². The first-order valence-corrected chi connectivity index (χ1v) is 7.37. The van der Waals surface area contributed by atoms with Crippen molar-refractivity contribution in [2.24, 2.45) is 0 Å². The molecule has 2 aromatic rings. The molecule has 0 saturated heterocycles. The molecule has 0 aromatic heterocycles. The molecule has 0 bridgehead atoms. The smallest absolute Gasteiger partial charge is 0.270 e. The number of hydrogen-bond donors (Lipinski definition) is 1. The lowest BCUT2D eigenvalue weighted by molar-refractivity contribution is -0.384. The van der Waals surface area contributed by atoms with Gasteiger partial charge in [0.15, 0.2) is 5.78 Å². The van der Waals surface area contributed by atoms with Crippen molar-refractivity contribution in [1.29, 1.82) is 0 Å². The summed E-state index contributed by atoms with van der Waals surface area (Å²) in [5, 5.41) is 13.5. The molecule has 1 heterocycles. The molecule has 1 N–H and O–H groups in total. The summed E-state index contributed by atoms with van der Waals surface area (Å²) in [4.78, 5) is 34.6. The zero-order chi connectivity index (χ0) is 16.6. The minimum atomic E-state index is -0.571. The van der Waals surface area contributed by atoms with Gasteiger partial charge in [-0.1, -0.05) is 28.1 Å². The highest BCUT2D eigenvalue weighted by Gasteiger charge is 2.25. The second kappa shape index (κ2) is 5.77. The molecule has 1 aliphatic heterocycles. The largest absolute Gasteiger partial charge is 0.321 e. The third-order valence-corrected chi connectivity index (χ3v) is 3.87. The number of carbonyl (C=O) groups is 2. The molecule has 6 nitrogen and oxygen atoms in total. The number of hydrogen-bond acceptors (Lipinski definition) is 4. The van der Waals surface area contributed by atoms with Crippen LogP contribution >= 0.6 is 15.9 Å². The van der Waals surface area contributed by atoms with E-state index in [4.69, 9.17) is 0 Å². The fraction of sp³-hybridized carbons (Fsp3) is 0. The molecule has 0 saturated carbocycles. The minimum absolute atomic E-state index is 0.156. The van der Waals surface area contributed by atoms with Gasteiger partial charge in [0.2, 0.25) is 0 Å². The Balaban J connectivity index is 2.01. The van der Waals surface area contributed by atoms with Gasteiger partial charge >= 0.3 is 0 Å². The molecule has 23 heavy (non-hydrogen) atoms. The van der Waals surface area contributed by atoms with Crippen LogP contribution in [-0.2, 0) is 4.79 Å². The predicted molar refractivity (Wildman–Crippen MR) is 88.2 cm³/mol. The quantitative estimate of drug-likeness (QED) is 0.386. The Morgan fingerprint density at radius 2 is 2.00 bits per heavy atom. The lowest BCUT2D eigenvalue weighted by Crippen LogP contribution is -2.06. The molecule has 1 aliphatic rings. The summed E-state index contributed by atoms with van der Waals surface area (Å²) in [6, 6.07) is 10.6. The van der Waals surface area contributed by atoms with E-state index in [1.54, 1.807) is 18.2 Å². The van der Waals surface area contributed by atoms with Crippen molar-refractivity contribution < 1.29 is 14.5 Å². The van der Waals surface area contributed by atoms with E-state index in [1.165, 1.54) is 30.3 Å². The van der Waals surface area contributed by atoms with Gasteiger partial charge < -0.3 is 5.32 Å². The standard InChI is InChI=1S/C16H9BrN2O4/c17-10-4-5-14-12(7-10)13(16(21)18-14)8-15(20)9-2-1-3-11(6-9)19(22)23/h1-8H,(H,18,21). The molecule has 0 aliphatic carbocycles. The Kier molecular flexibility index (Phi) is 3.79. The number of benzene rings is 2. The monoisotopic (exact) mass is 372 g/mol. The summed E-state index contributed by atoms with van der Waals surface area (Å²) in [6.45, 7) is 0. The van der Waals surface area contributed by atoms with E-state index in [2.05, 4.69) is 21.2 Å². The molecule has 0 fully saturated rings. The second-order valence-electron chi connectivity index (χ2n) is 4.87. The Morgan fingerprint density at radius 1 is 1.22 bits per heavy atom. The van der Waals surface area contributed by atoms with E-state index in [0.717, 1.165) is 4.47 Å². The van der Waals surface area contributed by atoms with Crippen molar-refractivity contribution >= 4 is 44.6 Å². The third kappa shape index (κ3) is 2.91. The maximum atomic E-state index is 12.3. The van der Waals surface area contributed by atoms with Crippen LogP contribution in [0.4, 0.5) is 11.4 Å². The van der Waals surface area contributed by atoms with E-state index in [1.807, 2.05) is 0 Å². The van der Waals surface area contributed by atoms with Gasteiger partial charge in [-0.25, -0.2) is 0 Å². The van der Waals surface area contributed by atoms with Crippen LogP contribution < -0.4 is 5.32 Å². The lowest BCUT2D eigenvalue weighted by atomic mass is 10.0. The number of fused-ring (bicyclic) bond motifs is 1. The van der Waals surface area contributed by atoms with Crippen LogP contribution in [0.15, 0.2) is 53.0 Å². The summed E-state index contributed by atoms with van der Waals surface area (Å²) < 4.78 is 0.779. The first-order chi connectivity index (χ1) is 11.0. The van der Waals surface area contributed by atoms with E-state index < -0.39 is 10.7 Å². The molecule has 0 unspecified atom stereocenters.